The molecule has 15 heteroatoms. The number of hydrogen-bond donors (Lipinski definition) is 3. The summed E-state index contributed by atoms with van der Waals surface area (Å²) in [6.45, 7) is 12.3. The smallest absolute Gasteiger partial charge is 0.328 e. The number of ketones is 1. The molecule has 0 aliphatic heterocycles. The monoisotopic (exact) mass is 705 g/mol. The number of nitrogens with one attached hydrogen (secondary N) is 1. The minimum Gasteiger partial charge on any atom is -0.461 e. The first kappa shape index (κ1) is 35.5. The number of fused-ring (bicyclic) bond motifs is 1. The van der Waals surface area contributed by atoms with Gasteiger partial charge in [-0.25, -0.2) is 19.3 Å². The molecule has 3 fully saturated rings. The Morgan fingerprint density at radius 3 is 2.76 bits per heavy atom. The van der Waals surface area contributed by atoms with Crippen LogP contribution in [0.2, 0.25) is 0 Å². The van der Waals surface area contributed by atoms with Crippen molar-refractivity contribution in [3.63, 3.8) is 0 Å². The molecule has 3 aliphatic carbocycles. The van der Waals surface area contributed by atoms with Gasteiger partial charge in [0, 0.05) is 41.8 Å². The van der Waals surface area contributed by atoms with Gasteiger partial charge < -0.3 is 20.9 Å². The molecule has 50 heavy (non-hydrogen) atoms. The summed E-state index contributed by atoms with van der Waals surface area (Å²) in [5, 5.41) is 25.9. The lowest BCUT2D eigenvalue weighted by Crippen LogP contribution is -2.63. The SMILES string of the molecule is C=C[C@]1(C)C[C@@H](OC(=O)CSc2nc(N)nc3c2ncn3C(=O)NCc2cccc([N+](=O)[O-])c2)[C@@]2(C)C3C(=O)CC[C@@]3(CC[C@H]2C)[C@@H](C)[C@@H]1O. The summed E-state index contributed by atoms with van der Waals surface area (Å²) in [7, 11) is 0. The summed E-state index contributed by atoms with van der Waals surface area (Å²) in [6, 6.07) is 5.33. The predicted octanol–water partition coefficient (Wildman–Crippen LogP) is 5.07. The van der Waals surface area contributed by atoms with Crippen LogP contribution in [0.1, 0.15) is 65.4 Å². The molecule has 8 atom stereocenters. The van der Waals surface area contributed by atoms with Crippen LogP contribution in [-0.2, 0) is 20.9 Å². The Labute approximate surface area is 293 Å². The largest absolute Gasteiger partial charge is 0.461 e. The molecule has 3 saturated carbocycles. The number of hydrogen-bond acceptors (Lipinski definition) is 12. The number of nitro groups is 1. The minimum absolute atomic E-state index is 0.0152. The zero-order valence-electron chi connectivity index (χ0n) is 28.6. The number of esters is 1. The van der Waals surface area contributed by atoms with E-state index in [2.05, 4.69) is 47.6 Å². The van der Waals surface area contributed by atoms with Crippen molar-refractivity contribution < 1.29 is 29.2 Å². The summed E-state index contributed by atoms with van der Waals surface area (Å²) in [5.74, 6) is -1.01. The number of amides is 1. The van der Waals surface area contributed by atoms with Crippen molar-refractivity contribution >= 4 is 52.3 Å². The molecular weight excluding hydrogens is 662 g/mol. The number of thioether (sulfide) groups is 1. The number of nitrogen functional groups attached to an aromatic ring is 1. The number of aliphatic hydroxyl groups is 1. The highest BCUT2D eigenvalue weighted by Crippen LogP contribution is 2.68. The first-order valence-corrected chi connectivity index (χ1v) is 17.8. The Bertz CT molecular complexity index is 1880. The van der Waals surface area contributed by atoms with Crippen LogP contribution in [0.15, 0.2) is 48.3 Å². The maximum Gasteiger partial charge on any atom is 0.328 e. The van der Waals surface area contributed by atoms with Crippen molar-refractivity contribution in [2.45, 2.75) is 83.6 Å². The fourth-order valence-corrected chi connectivity index (χ4v) is 9.77. The van der Waals surface area contributed by atoms with E-state index in [1.165, 1.54) is 24.5 Å². The number of carbonyl (C=O) groups is 3. The van der Waals surface area contributed by atoms with Crippen LogP contribution in [-0.4, -0.2) is 65.3 Å². The van der Waals surface area contributed by atoms with Crippen LogP contribution in [0.5, 0.6) is 0 Å². The molecule has 2 aromatic heterocycles. The number of aliphatic hydroxyl groups excluding tert-OH is 1. The van der Waals surface area contributed by atoms with E-state index in [0.29, 0.717) is 24.8 Å². The van der Waals surface area contributed by atoms with Crippen LogP contribution in [0.3, 0.4) is 0 Å². The van der Waals surface area contributed by atoms with Gasteiger partial charge in [-0.05, 0) is 48.5 Å². The molecule has 2 bridgehead atoms. The van der Waals surface area contributed by atoms with Gasteiger partial charge in [0.25, 0.3) is 5.69 Å². The van der Waals surface area contributed by atoms with Gasteiger partial charge in [0.05, 0.1) is 16.8 Å². The topological polar surface area (TPSA) is 205 Å². The molecule has 0 radical (unpaired) electrons. The molecule has 2 heterocycles. The number of aromatic nitrogens is 4. The lowest BCUT2D eigenvalue weighted by atomic mass is 9.44. The number of non-ortho nitro benzene ring substituents is 1. The number of rotatable bonds is 8. The van der Waals surface area contributed by atoms with Crippen molar-refractivity contribution in [2.24, 2.45) is 34.0 Å². The lowest BCUT2D eigenvalue weighted by molar-refractivity contribution is -0.384. The fourth-order valence-electron chi connectivity index (χ4n) is 9.00. The average molecular weight is 706 g/mol. The van der Waals surface area contributed by atoms with E-state index in [1.807, 2.05) is 6.92 Å². The van der Waals surface area contributed by atoms with Crippen molar-refractivity contribution in [3.8, 4) is 0 Å². The Balaban J connectivity index is 1.22. The number of ether oxygens (including phenoxy) is 1. The van der Waals surface area contributed by atoms with Gasteiger partial charge in [-0.3, -0.25) is 19.7 Å². The van der Waals surface area contributed by atoms with Crippen LogP contribution in [0.4, 0.5) is 16.4 Å². The third kappa shape index (κ3) is 5.83. The maximum absolute atomic E-state index is 13.7. The molecule has 266 valence electrons. The standard InChI is InChI=1S/C35H43N7O7S/c1-6-33(4)15-24(34(5)19(2)10-12-35(20(3)28(33)45)13-11-23(43)27(34)35)49-25(44)17-50-30-26-29(39-31(36)40-30)41(18-38-26)32(46)37-16-21-8-7-9-22(14-21)42(47)48/h6-9,14,18-20,24,27-28,45H,1,10-13,15-17H2,2-5H3,(H,37,46)(H2,36,39,40)/t19-,20+,24-,27?,28+,33-,34+,35+/m1/s1. The van der Waals surface area contributed by atoms with Gasteiger partial charge in [0.1, 0.15) is 28.8 Å². The zero-order valence-corrected chi connectivity index (χ0v) is 29.4. The summed E-state index contributed by atoms with van der Waals surface area (Å²) in [6.07, 6.45) is 4.79. The molecule has 3 aromatic rings. The molecule has 1 aromatic carbocycles. The van der Waals surface area contributed by atoms with Crippen molar-refractivity contribution in [2.75, 3.05) is 11.5 Å². The Kier molecular flexibility index (Phi) is 9.27. The van der Waals surface area contributed by atoms with Crippen LogP contribution >= 0.6 is 11.8 Å². The number of nitrogens with two attached hydrogens (primary N) is 1. The minimum atomic E-state index is -0.766. The zero-order chi connectivity index (χ0) is 36.2. The van der Waals surface area contributed by atoms with Crippen molar-refractivity contribution in [3.05, 3.63) is 58.9 Å². The van der Waals surface area contributed by atoms with E-state index in [9.17, 15) is 29.6 Å². The Hall–Kier alpha value is -4.37. The van der Waals surface area contributed by atoms with Crippen molar-refractivity contribution in [1.82, 2.24) is 24.8 Å². The predicted molar refractivity (Wildman–Crippen MR) is 186 cm³/mol. The highest BCUT2D eigenvalue weighted by molar-refractivity contribution is 8.00. The second-order valence-electron chi connectivity index (χ2n) is 14.6. The molecule has 0 spiro atoms. The summed E-state index contributed by atoms with van der Waals surface area (Å²) >= 11 is 1.04. The summed E-state index contributed by atoms with van der Waals surface area (Å²) in [5.41, 5.74) is 5.04. The highest BCUT2D eigenvalue weighted by atomic mass is 32.2. The number of anilines is 1. The molecule has 3 aliphatic rings. The van der Waals surface area contributed by atoms with Gasteiger partial charge in [0.15, 0.2) is 5.65 Å². The third-order valence-corrected chi connectivity index (χ3v) is 13.0. The normalized spacial score (nSPS) is 32.1. The number of nitrogens with zero attached hydrogens (tertiary/aromatic N) is 5. The quantitative estimate of drug-likeness (QED) is 0.0701. The van der Waals surface area contributed by atoms with Crippen LogP contribution in [0, 0.1) is 44.1 Å². The first-order valence-electron chi connectivity index (χ1n) is 16.8. The number of nitro benzene ring substituents is 1. The number of Topliss-reactive ketones (excluding diaryl/α,β-unsaturated/α-hetero) is 1. The number of imidazole rings is 1. The first-order chi connectivity index (χ1) is 23.6. The average Bonchev–Trinajstić information content (AvgIpc) is 3.68. The van der Waals surface area contributed by atoms with E-state index in [4.69, 9.17) is 10.5 Å². The Morgan fingerprint density at radius 1 is 1.28 bits per heavy atom. The summed E-state index contributed by atoms with van der Waals surface area (Å²) in [4.78, 5) is 63.9. The molecule has 6 rings (SSSR count). The van der Waals surface area contributed by atoms with E-state index in [1.54, 1.807) is 12.1 Å². The van der Waals surface area contributed by atoms with Gasteiger partial charge in [-0.2, -0.15) is 4.98 Å². The lowest BCUT2D eigenvalue weighted by Gasteiger charge is -2.61. The molecule has 1 unspecified atom stereocenters. The Morgan fingerprint density at radius 2 is 2.04 bits per heavy atom. The van der Waals surface area contributed by atoms with Crippen LogP contribution < -0.4 is 11.1 Å². The van der Waals surface area contributed by atoms with Gasteiger partial charge in [0.2, 0.25) is 5.95 Å². The van der Waals surface area contributed by atoms with Gasteiger partial charge in [-0.1, -0.05) is 57.7 Å². The number of carbonyl (C=O) groups excluding carboxylic acids is 3. The van der Waals surface area contributed by atoms with Crippen molar-refractivity contribution in [1.29, 1.82) is 0 Å². The second-order valence-corrected chi connectivity index (χ2v) is 15.6. The van der Waals surface area contributed by atoms with Gasteiger partial charge in [-0.15, -0.1) is 6.58 Å². The molecule has 14 nitrogen and oxygen atoms in total. The highest BCUT2D eigenvalue weighted by Gasteiger charge is 2.68. The molecule has 0 saturated heterocycles. The van der Waals surface area contributed by atoms with Gasteiger partial charge >= 0.3 is 12.0 Å². The molecular formula is C35H43N7O7S. The van der Waals surface area contributed by atoms with E-state index < -0.39 is 40.0 Å². The van der Waals surface area contributed by atoms with E-state index >= 15 is 0 Å². The maximum atomic E-state index is 13.7. The third-order valence-electron chi connectivity index (χ3n) is 12.1. The van der Waals surface area contributed by atoms with Crippen LogP contribution in [0.25, 0.3) is 11.2 Å². The number of benzene rings is 1. The second kappa shape index (κ2) is 13.1. The fraction of sp³-hybridized carbons (Fsp3) is 0.543. The molecule has 1 amide bonds. The van der Waals surface area contributed by atoms with E-state index in [-0.39, 0.29) is 69.1 Å². The van der Waals surface area contributed by atoms with E-state index in [0.717, 1.165) is 29.2 Å². The molecule has 4 N–H and O–H groups in total. The summed E-state index contributed by atoms with van der Waals surface area (Å²) < 4.78 is 7.50.